The summed E-state index contributed by atoms with van der Waals surface area (Å²) in [6.45, 7) is 9.50. The maximum Gasteiger partial charge on any atom is 0.101 e. The van der Waals surface area contributed by atoms with Crippen molar-refractivity contribution >= 4 is 0 Å². The summed E-state index contributed by atoms with van der Waals surface area (Å²) < 4.78 is 0. The summed E-state index contributed by atoms with van der Waals surface area (Å²) in [7, 11) is 0. The van der Waals surface area contributed by atoms with Gasteiger partial charge in [-0.05, 0) is 25.7 Å². The Morgan fingerprint density at radius 3 is 0.636 bits per heavy atom. The van der Waals surface area contributed by atoms with Gasteiger partial charge in [0.2, 0.25) is 0 Å². The van der Waals surface area contributed by atoms with E-state index in [0.717, 1.165) is 0 Å². The second-order valence-electron chi connectivity index (χ2n) is 18.5. The fraction of sp³-hybridized carbons (Fsp3) is 0.962. The molecule has 0 aromatic rings. The predicted octanol–water partition coefficient (Wildman–Crippen LogP) is 19.0. The van der Waals surface area contributed by atoms with Crippen LogP contribution in [0.5, 0.6) is 0 Å². The molecular formula is C53H106N2. The molecule has 0 aromatic heterocycles. The molecule has 0 aromatic carbocycles. The van der Waals surface area contributed by atoms with Crippen molar-refractivity contribution in [2.24, 2.45) is 0 Å². The Morgan fingerprint density at radius 2 is 0.418 bits per heavy atom. The highest BCUT2D eigenvalue weighted by molar-refractivity contribution is 4.97. The molecule has 1 unspecified atom stereocenters. The van der Waals surface area contributed by atoms with Gasteiger partial charge >= 0.3 is 0 Å². The van der Waals surface area contributed by atoms with E-state index < -0.39 is 0 Å². The van der Waals surface area contributed by atoms with Crippen LogP contribution in [0, 0.1) is 0 Å². The predicted molar refractivity (Wildman–Crippen MR) is 251 cm³/mol. The molecule has 0 fully saturated rings. The summed E-state index contributed by atoms with van der Waals surface area (Å²) in [6.07, 6.45) is 70.8. The van der Waals surface area contributed by atoms with Gasteiger partial charge in [-0.15, -0.1) is 0 Å². The molecule has 0 N–H and O–H groups in total. The molecule has 0 spiro atoms. The van der Waals surface area contributed by atoms with Crippen molar-refractivity contribution in [2.75, 3.05) is 13.1 Å². The minimum atomic E-state index is 0.635. The van der Waals surface area contributed by atoms with Crippen molar-refractivity contribution in [3.63, 3.8) is 0 Å². The van der Waals surface area contributed by atoms with Crippen LogP contribution in [-0.2, 0) is 0 Å². The number of rotatable bonds is 47. The van der Waals surface area contributed by atoms with Gasteiger partial charge in [-0.25, -0.2) is 0 Å². The zero-order valence-corrected chi connectivity index (χ0v) is 38.9. The van der Waals surface area contributed by atoms with Crippen molar-refractivity contribution in [2.45, 2.75) is 316 Å². The van der Waals surface area contributed by atoms with Crippen LogP contribution >= 0.6 is 0 Å². The highest BCUT2D eigenvalue weighted by Crippen LogP contribution is 2.24. The molecule has 328 valence electrons. The minimum absolute atomic E-state index is 0.635. The van der Waals surface area contributed by atoms with E-state index in [2.05, 4.69) is 43.0 Å². The molecule has 0 aliphatic carbocycles. The van der Waals surface area contributed by atoms with Crippen molar-refractivity contribution in [1.82, 2.24) is 9.80 Å². The smallest absolute Gasteiger partial charge is 0.101 e. The van der Waals surface area contributed by atoms with Crippen LogP contribution in [0.1, 0.15) is 310 Å². The first-order valence-corrected chi connectivity index (χ1v) is 26.5. The molecule has 1 rings (SSSR count). The molecule has 0 bridgehead atoms. The van der Waals surface area contributed by atoms with Gasteiger partial charge in [0.1, 0.15) is 6.17 Å². The highest BCUT2D eigenvalue weighted by atomic mass is 15.4. The van der Waals surface area contributed by atoms with Crippen LogP contribution in [0.25, 0.3) is 0 Å². The van der Waals surface area contributed by atoms with Gasteiger partial charge < -0.3 is 9.80 Å². The van der Waals surface area contributed by atoms with E-state index in [-0.39, 0.29) is 0 Å². The van der Waals surface area contributed by atoms with Crippen molar-refractivity contribution in [3.8, 4) is 0 Å². The lowest BCUT2D eigenvalue weighted by Gasteiger charge is -2.33. The quantitative estimate of drug-likeness (QED) is 0.0569. The standard InChI is InChI=1S/C53H106N2/c1-4-7-10-13-16-19-22-25-28-30-33-36-39-42-45-48-53-54(49-46-43-40-37-34-31-27-24-21-18-15-12-9-6-3)51-52-55(53)50-47-44-41-38-35-32-29-26-23-20-17-14-11-8-5-2/h51-53H,4-50H2,1-3H3. The highest BCUT2D eigenvalue weighted by Gasteiger charge is 2.25. The fourth-order valence-electron chi connectivity index (χ4n) is 9.19. The van der Waals surface area contributed by atoms with Crippen LogP contribution < -0.4 is 0 Å². The van der Waals surface area contributed by atoms with Crippen LogP contribution in [0.4, 0.5) is 0 Å². The molecule has 1 aliphatic rings. The largest absolute Gasteiger partial charge is 0.356 e. The number of nitrogens with zero attached hydrogens (tertiary/aromatic N) is 2. The maximum atomic E-state index is 2.75. The summed E-state index contributed by atoms with van der Waals surface area (Å²) in [5, 5.41) is 0. The lowest BCUT2D eigenvalue weighted by molar-refractivity contribution is 0.135. The zero-order valence-electron chi connectivity index (χ0n) is 38.9. The Morgan fingerprint density at radius 1 is 0.236 bits per heavy atom. The molecule has 0 saturated heterocycles. The van der Waals surface area contributed by atoms with Gasteiger partial charge in [0.05, 0.1) is 0 Å². The maximum absolute atomic E-state index is 2.75. The number of unbranched alkanes of at least 4 members (excludes halogenated alkanes) is 41. The van der Waals surface area contributed by atoms with Gasteiger partial charge in [0.25, 0.3) is 0 Å². The van der Waals surface area contributed by atoms with Gasteiger partial charge in [0, 0.05) is 25.5 Å². The third-order valence-corrected chi connectivity index (χ3v) is 13.1. The lowest BCUT2D eigenvalue weighted by Crippen LogP contribution is -2.39. The summed E-state index contributed by atoms with van der Waals surface area (Å²) in [5.41, 5.74) is 0. The van der Waals surface area contributed by atoms with Crippen molar-refractivity contribution in [3.05, 3.63) is 12.4 Å². The Hall–Kier alpha value is -0.660. The van der Waals surface area contributed by atoms with E-state index in [9.17, 15) is 0 Å². The Kier molecular flexibility index (Phi) is 42.3. The summed E-state index contributed by atoms with van der Waals surface area (Å²) in [4.78, 5) is 5.49. The normalized spacial score (nSPS) is 14.3. The first-order valence-electron chi connectivity index (χ1n) is 26.5. The molecule has 2 heteroatoms. The molecule has 2 nitrogen and oxygen atoms in total. The molecule has 1 aliphatic heterocycles. The van der Waals surface area contributed by atoms with Crippen molar-refractivity contribution < 1.29 is 0 Å². The topological polar surface area (TPSA) is 6.48 Å². The second-order valence-corrected chi connectivity index (χ2v) is 18.5. The SMILES string of the molecule is CCCCCCCCCCCCCCCCCC1N(CCCCCCCCCCCCCCCC)C=CN1CCCCCCCCCCCCCCCCC. The number of hydrogen-bond acceptors (Lipinski definition) is 2. The van der Waals surface area contributed by atoms with Gasteiger partial charge in [-0.3, -0.25) is 0 Å². The van der Waals surface area contributed by atoms with E-state index in [4.69, 9.17) is 0 Å². The molecule has 0 radical (unpaired) electrons. The molecule has 1 atom stereocenters. The Labute approximate surface area is 350 Å². The van der Waals surface area contributed by atoms with Crippen LogP contribution in [0.15, 0.2) is 12.4 Å². The monoisotopic (exact) mass is 771 g/mol. The molecule has 0 amide bonds. The van der Waals surface area contributed by atoms with Crippen LogP contribution in [0.2, 0.25) is 0 Å². The van der Waals surface area contributed by atoms with Crippen molar-refractivity contribution in [1.29, 1.82) is 0 Å². The Balaban J connectivity index is 2.20. The van der Waals surface area contributed by atoms with E-state index in [1.54, 1.807) is 0 Å². The zero-order chi connectivity index (χ0) is 39.4. The second kappa shape index (κ2) is 44.4. The molecule has 55 heavy (non-hydrogen) atoms. The third-order valence-electron chi connectivity index (χ3n) is 13.1. The molecule has 1 heterocycles. The number of hydrogen-bond donors (Lipinski definition) is 0. The van der Waals surface area contributed by atoms with Gasteiger partial charge in [-0.1, -0.05) is 284 Å². The third kappa shape index (κ3) is 36.2. The first-order chi connectivity index (χ1) is 27.3. The van der Waals surface area contributed by atoms with E-state index in [1.807, 2.05) is 0 Å². The van der Waals surface area contributed by atoms with Gasteiger partial charge in [0.15, 0.2) is 0 Å². The van der Waals surface area contributed by atoms with Crippen LogP contribution in [0.3, 0.4) is 0 Å². The molecular weight excluding hydrogens is 665 g/mol. The van der Waals surface area contributed by atoms with Crippen LogP contribution in [-0.4, -0.2) is 29.1 Å². The summed E-state index contributed by atoms with van der Waals surface area (Å²) >= 11 is 0. The van der Waals surface area contributed by atoms with Gasteiger partial charge in [-0.2, -0.15) is 0 Å². The Bertz CT molecular complexity index is 732. The van der Waals surface area contributed by atoms with E-state index in [1.165, 1.54) is 302 Å². The fourth-order valence-corrected chi connectivity index (χ4v) is 9.19. The van der Waals surface area contributed by atoms with E-state index >= 15 is 0 Å². The first kappa shape index (κ1) is 52.4. The summed E-state index contributed by atoms with van der Waals surface area (Å²) in [5.74, 6) is 0. The lowest BCUT2D eigenvalue weighted by atomic mass is 10.0. The molecule has 0 saturated carbocycles. The average Bonchev–Trinajstić information content (AvgIpc) is 3.58. The van der Waals surface area contributed by atoms with E-state index in [0.29, 0.717) is 6.17 Å². The average molecular weight is 771 g/mol. The minimum Gasteiger partial charge on any atom is -0.356 e. The summed E-state index contributed by atoms with van der Waals surface area (Å²) in [6, 6.07) is 0.